The van der Waals surface area contributed by atoms with Crippen LogP contribution >= 0.6 is 0 Å². The third-order valence-corrected chi connectivity index (χ3v) is 3.82. The second-order valence-electron chi connectivity index (χ2n) is 5.01. The zero-order valence-electron chi connectivity index (χ0n) is 11.5. The lowest BCUT2D eigenvalue weighted by Crippen LogP contribution is -2.34. The molecule has 0 amide bonds. The molecule has 0 radical (unpaired) electrons. The molecule has 5 nitrogen and oxygen atoms in total. The number of aryl methyl sites for hydroxylation is 1. The maximum Gasteiger partial charge on any atom is 0.110 e. The van der Waals surface area contributed by atoms with Crippen molar-refractivity contribution in [3.63, 3.8) is 0 Å². The molecular formula is C15H18N4O. The first-order valence-corrected chi connectivity index (χ1v) is 6.81. The van der Waals surface area contributed by atoms with E-state index in [4.69, 9.17) is 5.21 Å². The van der Waals surface area contributed by atoms with Crippen molar-refractivity contribution in [2.45, 2.75) is 12.8 Å². The number of benzene rings is 1. The van der Waals surface area contributed by atoms with Gasteiger partial charge in [0.2, 0.25) is 0 Å². The number of anilines is 1. The van der Waals surface area contributed by atoms with E-state index in [2.05, 4.69) is 25.7 Å². The standard InChI is InChI=1S/C15H18N4O/c1-18-11-8-16-15(18)7-10-19-9-6-13(17-20)12-4-2-3-5-14(12)19/h2-5,8,11,20H,6-7,9-10H2,1H3/b17-13-. The van der Waals surface area contributed by atoms with Gasteiger partial charge in [-0.1, -0.05) is 23.4 Å². The Morgan fingerprint density at radius 2 is 2.20 bits per heavy atom. The van der Waals surface area contributed by atoms with Gasteiger partial charge in [0.05, 0.1) is 5.71 Å². The van der Waals surface area contributed by atoms with Gasteiger partial charge in [0.25, 0.3) is 0 Å². The largest absolute Gasteiger partial charge is 0.411 e. The van der Waals surface area contributed by atoms with Crippen LogP contribution in [-0.2, 0) is 13.5 Å². The smallest absolute Gasteiger partial charge is 0.110 e. The maximum atomic E-state index is 9.10. The monoisotopic (exact) mass is 270 g/mol. The number of imidazole rings is 1. The van der Waals surface area contributed by atoms with Crippen molar-refractivity contribution in [3.8, 4) is 0 Å². The van der Waals surface area contributed by atoms with Crippen LogP contribution in [0.2, 0.25) is 0 Å². The van der Waals surface area contributed by atoms with Gasteiger partial charge < -0.3 is 14.7 Å². The highest BCUT2D eigenvalue weighted by molar-refractivity contribution is 6.06. The molecule has 1 aliphatic heterocycles. The molecule has 0 fully saturated rings. The lowest BCUT2D eigenvalue weighted by molar-refractivity contribution is 0.317. The van der Waals surface area contributed by atoms with Crippen molar-refractivity contribution in [3.05, 3.63) is 48.0 Å². The third-order valence-electron chi connectivity index (χ3n) is 3.82. The molecule has 104 valence electrons. The van der Waals surface area contributed by atoms with E-state index in [1.54, 1.807) is 0 Å². The predicted molar refractivity (Wildman–Crippen MR) is 78.5 cm³/mol. The molecule has 0 bridgehead atoms. The molecule has 3 rings (SSSR count). The van der Waals surface area contributed by atoms with Crippen LogP contribution in [0, 0.1) is 0 Å². The van der Waals surface area contributed by atoms with E-state index in [1.165, 1.54) is 0 Å². The summed E-state index contributed by atoms with van der Waals surface area (Å²) in [5.74, 6) is 1.09. The first-order chi connectivity index (χ1) is 9.79. The van der Waals surface area contributed by atoms with E-state index in [-0.39, 0.29) is 0 Å². The van der Waals surface area contributed by atoms with Gasteiger partial charge in [-0.2, -0.15) is 0 Å². The van der Waals surface area contributed by atoms with Crippen molar-refractivity contribution in [2.24, 2.45) is 12.2 Å². The molecule has 0 atom stereocenters. The van der Waals surface area contributed by atoms with Crippen LogP contribution in [0.25, 0.3) is 0 Å². The van der Waals surface area contributed by atoms with E-state index in [1.807, 2.05) is 37.6 Å². The van der Waals surface area contributed by atoms with Crippen molar-refractivity contribution >= 4 is 11.4 Å². The first kappa shape index (κ1) is 12.7. The lowest BCUT2D eigenvalue weighted by Gasteiger charge is -2.31. The van der Waals surface area contributed by atoms with Crippen LogP contribution in [0.15, 0.2) is 41.8 Å². The minimum atomic E-state index is 0.772. The number of rotatable bonds is 3. The molecule has 1 aromatic carbocycles. The molecule has 2 aromatic rings. The summed E-state index contributed by atoms with van der Waals surface area (Å²) >= 11 is 0. The van der Waals surface area contributed by atoms with E-state index in [0.717, 1.165) is 48.7 Å². The Balaban J connectivity index is 1.80. The summed E-state index contributed by atoms with van der Waals surface area (Å²) in [6, 6.07) is 8.09. The fourth-order valence-electron chi connectivity index (χ4n) is 2.70. The Morgan fingerprint density at radius 3 is 2.95 bits per heavy atom. The summed E-state index contributed by atoms with van der Waals surface area (Å²) in [6.07, 6.45) is 5.48. The SMILES string of the molecule is Cn1ccnc1CCN1CC/C(=N/O)c2ccccc21. The number of para-hydroxylation sites is 1. The summed E-state index contributed by atoms with van der Waals surface area (Å²) in [4.78, 5) is 6.69. The highest BCUT2D eigenvalue weighted by atomic mass is 16.4. The summed E-state index contributed by atoms with van der Waals surface area (Å²) in [6.45, 7) is 1.79. The Morgan fingerprint density at radius 1 is 1.35 bits per heavy atom. The molecule has 1 aromatic heterocycles. The molecule has 1 aliphatic rings. The Bertz CT molecular complexity index is 632. The molecule has 1 N–H and O–H groups in total. The second kappa shape index (κ2) is 5.36. The fourth-order valence-corrected chi connectivity index (χ4v) is 2.70. The zero-order valence-corrected chi connectivity index (χ0v) is 11.5. The molecule has 2 heterocycles. The minimum absolute atomic E-state index is 0.772. The number of aromatic nitrogens is 2. The van der Waals surface area contributed by atoms with E-state index in [0.29, 0.717) is 0 Å². The number of nitrogens with zero attached hydrogens (tertiary/aromatic N) is 4. The predicted octanol–water partition coefficient (Wildman–Crippen LogP) is 2.05. The van der Waals surface area contributed by atoms with Crippen LogP contribution < -0.4 is 4.90 Å². The average molecular weight is 270 g/mol. The van der Waals surface area contributed by atoms with E-state index < -0.39 is 0 Å². The maximum absolute atomic E-state index is 9.10. The molecule has 0 saturated heterocycles. The number of fused-ring (bicyclic) bond motifs is 1. The summed E-state index contributed by atoms with van der Waals surface area (Å²) < 4.78 is 2.05. The van der Waals surface area contributed by atoms with Crippen molar-refractivity contribution < 1.29 is 5.21 Å². The second-order valence-corrected chi connectivity index (χ2v) is 5.01. The van der Waals surface area contributed by atoms with Crippen LogP contribution in [0.1, 0.15) is 17.8 Å². The summed E-state index contributed by atoms with van der Waals surface area (Å²) in [5, 5.41) is 12.5. The quantitative estimate of drug-likeness (QED) is 0.686. The van der Waals surface area contributed by atoms with Crippen LogP contribution in [0.3, 0.4) is 0 Å². The van der Waals surface area contributed by atoms with Gasteiger partial charge in [-0.25, -0.2) is 4.98 Å². The lowest BCUT2D eigenvalue weighted by atomic mass is 9.99. The number of oxime groups is 1. The van der Waals surface area contributed by atoms with Crippen LogP contribution in [0.5, 0.6) is 0 Å². The molecule has 0 saturated carbocycles. The van der Waals surface area contributed by atoms with Gasteiger partial charge in [0, 0.05) is 56.6 Å². The van der Waals surface area contributed by atoms with Crippen LogP contribution in [-0.4, -0.2) is 33.6 Å². The highest BCUT2D eigenvalue weighted by Gasteiger charge is 2.21. The Hall–Kier alpha value is -2.30. The summed E-state index contributed by atoms with van der Waals surface area (Å²) in [5.41, 5.74) is 2.94. The normalized spacial score (nSPS) is 16.4. The fraction of sp³-hybridized carbons (Fsp3) is 0.333. The van der Waals surface area contributed by atoms with E-state index in [9.17, 15) is 0 Å². The Kier molecular flexibility index (Phi) is 3.41. The molecular weight excluding hydrogens is 252 g/mol. The third kappa shape index (κ3) is 2.27. The van der Waals surface area contributed by atoms with Crippen molar-refractivity contribution in [1.82, 2.24) is 9.55 Å². The zero-order chi connectivity index (χ0) is 13.9. The molecule has 20 heavy (non-hydrogen) atoms. The number of hydrogen-bond acceptors (Lipinski definition) is 4. The van der Waals surface area contributed by atoms with Crippen molar-refractivity contribution in [1.29, 1.82) is 0 Å². The van der Waals surface area contributed by atoms with Crippen molar-refractivity contribution in [2.75, 3.05) is 18.0 Å². The summed E-state index contributed by atoms with van der Waals surface area (Å²) in [7, 11) is 2.02. The van der Waals surface area contributed by atoms with Gasteiger partial charge in [-0.3, -0.25) is 0 Å². The average Bonchev–Trinajstić information content (AvgIpc) is 2.90. The topological polar surface area (TPSA) is 53.7 Å². The Labute approximate surface area is 118 Å². The highest BCUT2D eigenvalue weighted by Crippen LogP contribution is 2.27. The van der Waals surface area contributed by atoms with Gasteiger partial charge in [-0.15, -0.1) is 0 Å². The van der Waals surface area contributed by atoms with Gasteiger partial charge in [-0.05, 0) is 6.07 Å². The minimum Gasteiger partial charge on any atom is -0.411 e. The van der Waals surface area contributed by atoms with Gasteiger partial charge in [0.15, 0.2) is 0 Å². The molecule has 0 unspecified atom stereocenters. The molecule has 0 aliphatic carbocycles. The first-order valence-electron chi connectivity index (χ1n) is 6.81. The number of hydrogen-bond donors (Lipinski definition) is 1. The van der Waals surface area contributed by atoms with Crippen LogP contribution in [0.4, 0.5) is 5.69 Å². The van der Waals surface area contributed by atoms with Gasteiger partial charge in [0.1, 0.15) is 5.82 Å². The molecule has 5 heteroatoms. The van der Waals surface area contributed by atoms with Gasteiger partial charge >= 0.3 is 0 Å². The van der Waals surface area contributed by atoms with E-state index >= 15 is 0 Å². The molecule has 0 spiro atoms.